The topological polar surface area (TPSA) is 64.7 Å². The van der Waals surface area contributed by atoms with Crippen LogP contribution in [-0.2, 0) is 0 Å². The summed E-state index contributed by atoms with van der Waals surface area (Å²) in [5.41, 5.74) is 8.70. The minimum atomic E-state index is 0.465. The normalized spacial score (nSPS) is 10.7. The molecule has 0 aliphatic rings. The lowest BCUT2D eigenvalue weighted by molar-refractivity contribution is 1.06. The lowest BCUT2D eigenvalue weighted by Gasteiger charge is -2.01. The largest absolute Gasteiger partial charge is 0.383 e. The van der Waals surface area contributed by atoms with E-state index in [0.717, 1.165) is 26.3 Å². The fourth-order valence-electron chi connectivity index (χ4n) is 1.83. The molecule has 0 amide bonds. The third kappa shape index (κ3) is 2.57. The summed E-state index contributed by atoms with van der Waals surface area (Å²) in [6, 6.07) is 8.04. The molecule has 0 saturated heterocycles. The Labute approximate surface area is 128 Å². The molecule has 0 bridgehead atoms. The van der Waals surface area contributed by atoms with Crippen molar-refractivity contribution >= 4 is 33.1 Å². The van der Waals surface area contributed by atoms with Crippen molar-refractivity contribution in [3.63, 3.8) is 0 Å². The Kier molecular flexibility index (Phi) is 3.50. The quantitative estimate of drug-likeness (QED) is 0.763. The molecule has 3 aromatic rings. The zero-order chi connectivity index (χ0) is 14.1. The van der Waals surface area contributed by atoms with Crippen LogP contribution in [0.25, 0.3) is 21.8 Å². The van der Waals surface area contributed by atoms with Gasteiger partial charge in [0.2, 0.25) is 0 Å². The maximum Gasteiger partial charge on any atom is 0.137 e. The molecular formula is C14H11BrN4S. The number of hydrogen-bond donors (Lipinski definition) is 1. The molecule has 3 rings (SSSR count). The lowest BCUT2D eigenvalue weighted by atomic mass is 10.2. The van der Waals surface area contributed by atoms with Gasteiger partial charge in [0.15, 0.2) is 0 Å². The van der Waals surface area contributed by atoms with Gasteiger partial charge in [-0.05, 0) is 19.1 Å². The molecule has 1 aromatic carbocycles. The number of rotatable bonds is 2. The summed E-state index contributed by atoms with van der Waals surface area (Å²) in [5, 5.41) is 2.84. The first-order valence-electron chi connectivity index (χ1n) is 5.94. The summed E-state index contributed by atoms with van der Waals surface area (Å²) in [7, 11) is 0. The molecule has 0 unspecified atom stereocenters. The number of aryl methyl sites for hydroxylation is 1. The molecule has 2 N–H and O–H groups in total. The van der Waals surface area contributed by atoms with Gasteiger partial charge in [-0.25, -0.2) is 15.0 Å². The van der Waals surface area contributed by atoms with Gasteiger partial charge in [-0.3, -0.25) is 0 Å². The first-order valence-corrected chi connectivity index (χ1v) is 7.62. The predicted octanol–water partition coefficient (Wildman–Crippen LogP) is 3.92. The van der Waals surface area contributed by atoms with E-state index >= 15 is 0 Å². The van der Waals surface area contributed by atoms with Crippen molar-refractivity contribution in [1.29, 1.82) is 0 Å². The summed E-state index contributed by atoms with van der Waals surface area (Å²) in [4.78, 5) is 13.0. The van der Waals surface area contributed by atoms with Crippen LogP contribution in [0.4, 0.5) is 5.82 Å². The molecule has 0 aliphatic heterocycles. The summed E-state index contributed by atoms with van der Waals surface area (Å²) in [5.74, 6) is 1.13. The molecule has 0 atom stereocenters. The minimum absolute atomic E-state index is 0.465. The second kappa shape index (κ2) is 5.30. The predicted molar refractivity (Wildman–Crippen MR) is 85.4 cm³/mol. The molecule has 0 saturated carbocycles. The molecule has 0 radical (unpaired) electrons. The highest BCUT2D eigenvalue weighted by Crippen LogP contribution is 2.31. The third-order valence-electron chi connectivity index (χ3n) is 2.79. The number of hydrogen-bond acceptors (Lipinski definition) is 5. The Hall–Kier alpha value is -1.79. The number of nitrogen functional groups attached to an aromatic ring is 1. The SMILES string of the molecule is Cc1ncc(-c2nc(-c3cccc(Br)c3)cs2)c(N)n1. The van der Waals surface area contributed by atoms with E-state index in [1.807, 2.05) is 36.6 Å². The van der Waals surface area contributed by atoms with Crippen molar-refractivity contribution in [1.82, 2.24) is 15.0 Å². The zero-order valence-electron chi connectivity index (χ0n) is 10.7. The first-order chi connectivity index (χ1) is 9.63. The Bertz CT molecular complexity index is 769. The number of aromatic nitrogens is 3. The van der Waals surface area contributed by atoms with E-state index in [4.69, 9.17) is 5.73 Å². The molecule has 20 heavy (non-hydrogen) atoms. The Balaban J connectivity index is 2.02. The van der Waals surface area contributed by atoms with Crippen molar-refractivity contribution in [3.8, 4) is 21.8 Å². The van der Waals surface area contributed by atoms with Crippen molar-refractivity contribution in [2.45, 2.75) is 6.92 Å². The van der Waals surface area contributed by atoms with Crippen molar-refractivity contribution in [2.75, 3.05) is 5.73 Å². The Morgan fingerprint density at radius 3 is 2.85 bits per heavy atom. The van der Waals surface area contributed by atoms with Gasteiger partial charge in [-0.1, -0.05) is 28.1 Å². The van der Waals surface area contributed by atoms with E-state index in [1.54, 1.807) is 6.20 Å². The number of nitrogens with zero attached hydrogens (tertiary/aromatic N) is 3. The highest BCUT2D eigenvalue weighted by atomic mass is 79.9. The average molecular weight is 347 g/mol. The molecule has 100 valence electrons. The van der Waals surface area contributed by atoms with Gasteiger partial charge >= 0.3 is 0 Å². The van der Waals surface area contributed by atoms with Crippen LogP contribution in [0.1, 0.15) is 5.82 Å². The second-order valence-corrected chi connectivity index (χ2v) is 6.04. The van der Waals surface area contributed by atoms with E-state index < -0.39 is 0 Å². The second-order valence-electron chi connectivity index (χ2n) is 4.26. The molecule has 2 heterocycles. The van der Waals surface area contributed by atoms with Crippen molar-refractivity contribution in [2.24, 2.45) is 0 Å². The van der Waals surface area contributed by atoms with Gasteiger partial charge in [-0.15, -0.1) is 11.3 Å². The van der Waals surface area contributed by atoms with Crippen LogP contribution >= 0.6 is 27.3 Å². The van der Waals surface area contributed by atoms with Crippen LogP contribution in [0, 0.1) is 6.92 Å². The molecule has 0 spiro atoms. The maximum atomic E-state index is 5.93. The number of anilines is 1. The van der Waals surface area contributed by atoms with Crippen LogP contribution in [-0.4, -0.2) is 15.0 Å². The van der Waals surface area contributed by atoms with E-state index in [1.165, 1.54) is 11.3 Å². The lowest BCUT2D eigenvalue weighted by Crippen LogP contribution is -1.98. The highest BCUT2D eigenvalue weighted by Gasteiger charge is 2.11. The fraction of sp³-hybridized carbons (Fsp3) is 0.0714. The summed E-state index contributed by atoms with van der Waals surface area (Å²) in [6.07, 6.45) is 1.72. The monoisotopic (exact) mass is 346 g/mol. The fourth-order valence-corrected chi connectivity index (χ4v) is 3.08. The van der Waals surface area contributed by atoms with E-state index in [9.17, 15) is 0 Å². The molecule has 6 heteroatoms. The Morgan fingerprint density at radius 1 is 1.25 bits per heavy atom. The number of thiazole rings is 1. The third-order valence-corrected chi connectivity index (χ3v) is 4.16. The van der Waals surface area contributed by atoms with Gasteiger partial charge in [0.1, 0.15) is 16.6 Å². The summed E-state index contributed by atoms with van der Waals surface area (Å²) < 4.78 is 1.03. The molecule has 2 aromatic heterocycles. The molecular weight excluding hydrogens is 336 g/mol. The standard InChI is InChI=1S/C14H11BrN4S/c1-8-17-6-11(13(16)18-8)14-19-12(7-20-14)9-3-2-4-10(15)5-9/h2-7H,1H3,(H2,16,17,18). The minimum Gasteiger partial charge on any atom is -0.383 e. The average Bonchev–Trinajstić information content (AvgIpc) is 2.88. The van der Waals surface area contributed by atoms with Crippen LogP contribution in [0.3, 0.4) is 0 Å². The summed E-state index contributed by atoms with van der Waals surface area (Å²) in [6.45, 7) is 1.81. The molecule has 0 fully saturated rings. The number of halogens is 1. The van der Waals surface area contributed by atoms with E-state index in [0.29, 0.717) is 11.6 Å². The van der Waals surface area contributed by atoms with Crippen LogP contribution in [0.15, 0.2) is 40.3 Å². The van der Waals surface area contributed by atoms with Gasteiger partial charge in [0.05, 0.1) is 11.3 Å². The van der Waals surface area contributed by atoms with Crippen molar-refractivity contribution in [3.05, 3.63) is 46.1 Å². The highest BCUT2D eigenvalue weighted by molar-refractivity contribution is 9.10. The Morgan fingerprint density at radius 2 is 2.10 bits per heavy atom. The number of benzene rings is 1. The maximum absolute atomic E-state index is 5.93. The van der Waals surface area contributed by atoms with E-state index in [2.05, 4.69) is 30.9 Å². The van der Waals surface area contributed by atoms with E-state index in [-0.39, 0.29) is 0 Å². The summed E-state index contributed by atoms with van der Waals surface area (Å²) >= 11 is 5.00. The first kappa shape index (κ1) is 13.2. The van der Waals surface area contributed by atoms with Crippen LogP contribution < -0.4 is 5.73 Å². The van der Waals surface area contributed by atoms with Gasteiger partial charge in [0, 0.05) is 21.6 Å². The smallest absolute Gasteiger partial charge is 0.137 e. The van der Waals surface area contributed by atoms with Gasteiger partial charge < -0.3 is 5.73 Å². The van der Waals surface area contributed by atoms with Crippen LogP contribution in [0.2, 0.25) is 0 Å². The van der Waals surface area contributed by atoms with Crippen LogP contribution in [0.5, 0.6) is 0 Å². The molecule has 4 nitrogen and oxygen atoms in total. The zero-order valence-corrected chi connectivity index (χ0v) is 13.1. The molecule has 0 aliphatic carbocycles. The number of nitrogens with two attached hydrogens (primary N) is 1. The van der Waals surface area contributed by atoms with Crippen molar-refractivity contribution < 1.29 is 0 Å². The van der Waals surface area contributed by atoms with Gasteiger partial charge in [-0.2, -0.15) is 0 Å². The van der Waals surface area contributed by atoms with Gasteiger partial charge in [0.25, 0.3) is 0 Å².